The van der Waals surface area contributed by atoms with Crippen LogP contribution in [0.25, 0.3) is 0 Å². The van der Waals surface area contributed by atoms with E-state index in [4.69, 9.17) is 15.4 Å². The van der Waals surface area contributed by atoms with E-state index in [0.29, 0.717) is 11.3 Å². The summed E-state index contributed by atoms with van der Waals surface area (Å²) in [6.07, 6.45) is 0. The Hall–Kier alpha value is -1.10. The number of aliphatic hydroxyl groups excluding tert-OH is 2. The summed E-state index contributed by atoms with van der Waals surface area (Å²) in [5.41, 5.74) is 3.22. The topological polar surface area (TPSA) is 72.7 Å². The van der Waals surface area contributed by atoms with Gasteiger partial charge in [0, 0.05) is 12.7 Å². The lowest BCUT2D eigenvalue weighted by atomic mass is 10.2. The van der Waals surface area contributed by atoms with Crippen molar-refractivity contribution in [3.8, 4) is 0 Å². The van der Waals surface area contributed by atoms with Gasteiger partial charge >= 0.3 is 0 Å². The predicted octanol–water partition coefficient (Wildman–Crippen LogP) is 0.588. The molecule has 68 valence electrons. The molecule has 0 aliphatic rings. The lowest BCUT2D eigenvalue weighted by Crippen LogP contribution is -1.94. The van der Waals surface area contributed by atoms with Gasteiger partial charge in [0.15, 0.2) is 0 Å². The van der Waals surface area contributed by atoms with Crippen molar-refractivity contribution < 1.29 is 15.4 Å². The van der Waals surface area contributed by atoms with Crippen molar-refractivity contribution in [3.63, 3.8) is 0 Å². The smallest absolute Gasteiger partial charge is 0.0702 e. The zero-order valence-electron chi connectivity index (χ0n) is 6.86. The average Bonchev–Trinajstić information content (AvgIpc) is 2.20. The summed E-state index contributed by atoms with van der Waals surface area (Å²) in [7, 11) is 1.00. The van der Waals surface area contributed by atoms with Gasteiger partial charge in [-0.15, -0.1) is 0 Å². The first-order valence-corrected chi connectivity index (χ1v) is 3.42. The van der Waals surface area contributed by atoms with Gasteiger partial charge in [0.05, 0.1) is 12.3 Å². The van der Waals surface area contributed by atoms with Crippen LogP contribution in [0.1, 0.15) is 5.56 Å². The standard InChI is InChI=1S/C7H9NO2.CH4O/c9-5-6-3-1-2-4-7(6)8-10;1-2/h1-4,8-10H,5H2;2H,1H3. The predicted molar refractivity (Wildman–Crippen MR) is 45.9 cm³/mol. The third-order valence-electron chi connectivity index (χ3n) is 1.31. The summed E-state index contributed by atoms with van der Waals surface area (Å²) in [6.45, 7) is -0.0657. The largest absolute Gasteiger partial charge is 0.400 e. The highest BCUT2D eigenvalue weighted by Gasteiger charge is 1.95. The van der Waals surface area contributed by atoms with Crippen LogP contribution in [0.5, 0.6) is 0 Å². The summed E-state index contributed by atoms with van der Waals surface area (Å²) in [5, 5.41) is 24.2. The Morgan fingerprint density at radius 3 is 2.25 bits per heavy atom. The third kappa shape index (κ3) is 2.87. The van der Waals surface area contributed by atoms with Gasteiger partial charge in [-0.2, -0.15) is 0 Å². The molecule has 4 heteroatoms. The summed E-state index contributed by atoms with van der Waals surface area (Å²) in [6, 6.07) is 6.99. The molecule has 0 aliphatic heterocycles. The van der Waals surface area contributed by atoms with Gasteiger partial charge in [-0.1, -0.05) is 18.2 Å². The third-order valence-corrected chi connectivity index (χ3v) is 1.31. The van der Waals surface area contributed by atoms with Crippen LogP contribution in [0.2, 0.25) is 0 Å². The van der Waals surface area contributed by atoms with Crippen LogP contribution in [-0.4, -0.2) is 22.5 Å². The van der Waals surface area contributed by atoms with E-state index >= 15 is 0 Å². The molecule has 0 fully saturated rings. The van der Waals surface area contributed by atoms with E-state index in [2.05, 4.69) is 0 Å². The fraction of sp³-hybridized carbons (Fsp3) is 0.250. The molecule has 0 heterocycles. The molecule has 12 heavy (non-hydrogen) atoms. The summed E-state index contributed by atoms with van der Waals surface area (Å²) >= 11 is 0. The molecular weight excluding hydrogens is 158 g/mol. The summed E-state index contributed by atoms with van der Waals surface area (Å²) in [5.74, 6) is 0. The number of nitrogens with one attached hydrogen (secondary N) is 1. The number of para-hydroxylation sites is 1. The maximum atomic E-state index is 8.70. The molecule has 4 N–H and O–H groups in total. The normalized spacial score (nSPS) is 8.33. The van der Waals surface area contributed by atoms with Crippen LogP contribution in [0.4, 0.5) is 5.69 Å². The van der Waals surface area contributed by atoms with E-state index < -0.39 is 0 Å². The molecule has 0 amide bonds. The van der Waals surface area contributed by atoms with Crippen molar-refractivity contribution >= 4 is 5.69 Å². The minimum absolute atomic E-state index is 0.0657. The van der Waals surface area contributed by atoms with Crippen molar-refractivity contribution in [3.05, 3.63) is 29.8 Å². The monoisotopic (exact) mass is 171 g/mol. The van der Waals surface area contributed by atoms with E-state index in [1.54, 1.807) is 24.3 Å². The SMILES string of the molecule is CO.OCc1ccccc1NO. The van der Waals surface area contributed by atoms with E-state index in [1.807, 2.05) is 5.48 Å². The molecule has 0 aliphatic carbocycles. The zero-order chi connectivity index (χ0) is 9.40. The van der Waals surface area contributed by atoms with Crippen molar-refractivity contribution in [1.29, 1.82) is 0 Å². The molecule has 0 unspecified atom stereocenters. The summed E-state index contributed by atoms with van der Waals surface area (Å²) < 4.78 is 0. The van der Waals surface area contributed by atoms with Gasteiger partial charge in [-0.25, -0.2) is 0 Å². The quantitative estimate of drug-likeness (QED) is 0.491. The molecule has 0 saturated heterocycles. The van der Waals surface area contributed by atoms with Gasteiger partial charge < -0.3 is 10.2 Å². The number of rotatable bonds is 2. The van der Waals surface area contributed by atoms with Gasteiger partial charge in [0.25, 0.3) is 0 Å². The highest BCUT2D eigenvalue weighted by Crippen LogP contribution is 2.12. The number of anilines is 1. The molecule has 1 aromatic rings. The fourth-order valence-electron chi connectivity index (χ4n) is 0.767. The van der Waals surface area contributed by atoms with Crippen molar-refractivity contribution in [2.75, 3.05) is 12.6 Å². The highest BCUT2D eigenvalue weighted by atomic mass is 16.5. The molecule has 0 bridgehead atoms. The number of benzene rings is 1. The minimum atomic E-state index is -0.0657. The van der Waals surface area contributed by atoms with Crippen LogP contribution in [-0.2, 0) is 6.61 Å². The first-order valence-electron chi connectivity index (χ1n) is 3.42. The van der Waals surface area contributed by atoms with Gasteiger partial charge in [-0.05, 0) is 6.07 Å². The Labute approximate surface area is 71.1 Å². The second-order valence-corrected chi connectivity index (χ2v) is 1.93. The molecule has 1 rings (SSSR count). The second kappa shape index (κ2) is 6.60. The van der Waals surface area contributed by atoms with Crippen LogP contribution in [0.15, 0.2) is 24.3 Å². The lowest BCUT2D eigenvalue weighted by Gasteiger charge is -2.02. The number of aliphatic hydroxyl groups is 2. The van der Waals surface area contributed by atoms with Gasteiger partial charge in [0.1, 0.15) is 0 Å². The van der Waals surface area contributed by atoms with E-state index in [-0.39, 0.29) is 6.61 Å². The Kier molecular flexibility index (Phi) is 6.00. The van der Waals surface area contributed by atoms with Crippen molar-refractivity contribution in [2.45, 2.75) is 6.61 Å². The second-order valence-electron chi connectivity index (χ2n) is 1.93. The average molecular weight is 171 g/mol. The molecule has 0 spiro atoms. The maximum absolute atomic E-state index is 8.70. The molecular formula is C8H13NO3. The molecule has 0 atom stereocenters. The first-order chi connectivity index (χ1) is 5.88. The highest BCUT2D eigenvalue weighted by molar-refractivity contribution is 5.48. The molecule has 0 aromatic heterocycles. The molecule has 1 aromatic carbocycles. The van der Waals surface area contributed by atoms with E-state index in [0.717, 1.165) is 7.11 Å². The van der Waals surface area contributed by atoms with Crippen LogP contribution >= 0.6 is 0 Å². The maximum Gasteiger partial charge on any atom is 0.0702 e. The van der Waals surface area contributed by atoms with E-state index in [1.165, 1.54) is 0 Å². The minimum Gasteiger partial charge on any atom is -0.400 e. The molecule has 0 radical (unpaired) electrons. The van der Waals surface area contributed by atoms with Crippen molar-refractivity contribution in [1.82, 2.24) is 0 Å². The van der Waals surface area contributed by atoms with Crippen LogP contribution in [0, 0.1) is 0 Å². The Bertz CT molecular complexity index is 192. The Morgan fingerprint density at radius 2 is 1.83 bits per heavy atom. The zero-order valence-corrected chi connectivity index (χ0v) is 6.86. The number of hydrogen-bond donors (Lipinski definition) is 4. The van der Waals surface area contributed by atoms with Crippen molar-refractivity contribution in [2.24, 2.45) is 0 Å². The lowest BCUT2D eigenvalue weighted by molar-refractivity contribution is 0.280. The Balaban J connectivity index is 0.000000561. The van der Waals surface area contributed by atoms with Crippen LogP contribution < -0.4 is 5.48 Å². The summed E-state index contributed by atoms with van der Waals surface area (Å²) in [4.78, 5) is 0. The first kappa shape index (κ1) is 10.9. The molecule has 4 nitrogen and oxygen atoms in total. The fourth-order valence-corrected chi connectivity index (χ4v) is 0.767. The molecule has 0 saturated carbocycles. The van der Waals surface area contributed by atoms with Crippen LogP contribution in [0.3, 0.4) is 0 Å². The Morgan fingerprint density at radius 1 is 1.25 bits per heavy atom. The van der Waals surface area contributed by atoms with E-state index in [9.17, 15) is 0 Å². The van der Waals surface area contributed by atoms with Gasteiger partial charge in [-0.3, -0.25) is 10.7 Å². The number of hydrogen-bond acceptors (Lipinski definition) is 4. The van der Waals surface area contributed by atoms with Gasteiger partial charge in [0.2, 0.25) is 0 Å².